The monoisotopic (exact) mass is 525 g/mol. The third kappa shape index (κ3) is 7.61. The third-order valence-electron chi connectivity index (χ3n) is 6.27. The number of carbonyl (C=O) groups is 1. The van der Waals surface area contributed by atoms with Gasteiger partial charge in [0.2, 0.25) is 0 Å². The van der Waals surface area contributed by atoms with Crippen molar-refractivity contribution in [2.45, 2.75) is 39.2 Å². The van der Waals surface area contributed by atoms with Crippen LogP contribution < -0.4 is 5.32 Å². The van der Waals surface area contributed by atoms with E-state index in [4.69, 9.17) is 9.82 Å². The molecule has 0 bridgehead atoms. The molecule has 0 radical (unpaired) electrons. The zero-order valence-electron chi connectivity index (χ0n) is 21.8. The Hall–Kier alpha value is -4.79. The summed E-state index contributed by atoms with van der Waals surface area (Å²) in [6.07, 6.45) is 4.49. The van der Waals surface area contributed by atoms with Crippen molar-refractivity contribution < 1.29 is 14.6 Å². The van der Waals surface area contributed by atoms with Crippen LogP contribution in [-0.2, 0) is 11.4 Å². The van der Waals surface area contributed by atoms with Crippen molar-refractivity contribution in [2.24, 2.45) is 5.16 Å². The number of amides is 1. The van der Waals surface area contributed by atoms with Gasteiger partial charge in [0.05, 0.1) is 22.5 Å². The van der Waals surface area contributed by atoms with Crippen molar-refractivity contribution >= 4 is 18.0 Å². The van der Waals surface area contributed by atoms with Crippen LogP contribution in [0.25, 0.3) is 22.5 Å². The number of oxime groups is 1. The van der Waals surface area contributed by atoms with Crippen molar-refractivity contribution in [3.8, 4) is 22.5 Å². The Morgan fingerprint density at radius 3 is 2.26 bits per heavy atom. The zero-order valence-corrected chi connectivity index (χ0v) is 21.8. The molecule has 39 heavy (non-hydrogen) atoms. The first-order chi connectivity index (χ1) is 19.0. The number of benzene rings is 3. The lowest BCUT2D eigenvalue weighted by Crippen LogP contribution is -2.23. The van der Waals surface area contributed by atoms with E-state index in [-0.39, 0.29) is 5.69 Å². The number of nitrogens with one attached hydrogen (secondary N) is 1. The van der Waals surface area contributed by atoms with E-state index in [1.165, 1.54) is 30.5 Å². The summed E-state index contributed by atoms with van der Waals surface area (Å²) in [6.45, 7) is 3.41. The topological polar surface area (TPSA) is 112 Å². The Balaban J connectivity index is 1.21. The van der Waals surface area contributed by atoms with E-state index in [0.29, 0.717) is 12.1 Å². The Kier molecular flexibility index (Phi) is 9.55. The van der Waals surface area contributed by atoms with Gasteiger partial charge in [-0.05, 0) is 37.5 Å². The Bertz CT molecular complexity index is 1400. The zero-order chi connectivity index (χ0) is 27.5. The maximum atomic E-state index is 11.8. The number of unbranched alkanes of at least 4 members (excludes halogenated alkanes) is 3. The Morgan fingerprint density at radius 1 is 0.949 bits per heavy atom. The summed E-state index contributed by atoms with van der Waals surface area (Å²) in [7, 11) is 0. The summed E-state index contributed by atoms with van der Waals surface area (Å²) in [5, 5.41) is 17.0. The fraction of sp³-hybridized carbons (Fsp3) is 0.233. The van der Waals surface area contributed by atoms with E-state index < -0.39 is 11.0 Å². The molecule has 0 aliphatic heterocycles. The maximum absolute atomic E-state index is 11.8. The number of carbonyl (C=O) groups excluding carboxylic acids is 1. The minimum Gasteiger partial charge on any atom is -0.328 e. The molecule has 1 N–H and O–H groups in total. The Morgan fingerprint density at radius 2 is 1.59 bits per heavy atom. The molecule has 0 aliphatic rings. The smallest absolute Gasteiger partial charge is 0.328 e. The molecule has 9 nitrogen and oxygen atoms in total. The largest absolute Gasteiger partial charge is 0.433 e. The molecule has 1 heterocycles. The van der Waals surface area contributed by atoms with E-state index in [1.54, 1.807) is 0 Å². The number of nitro groups is 1. The van der Waals surface area contributed by atoms with Crippen molar-refractivity contribution in [2.75, 3.05) is 6.54 Å². The first kappa shape index (κ1) is 27.3. The number of imidazole rings is 1. The molecule has 9 heteroatoms. The summed E-state index contributed by atoms with van der Waals surface area (Å²) in [5.74, 6) is 0.992. The van der Waals surface area contributed by atoms with Crippen LogP contribution >= 0.6 is 0 Å². The first-order valence-corrected chi connectivity index (χ1v) is 12.9. The molecule has 200 valence electrons. The summed E-state index contributed by atoms with van der Waals surface area (Å²) in [6, 6.07) is 26.4. The molecule has 3 aromatic carbocycles. The average molecular weight is 526 g/mol. The molecule has 1 aromatic heterocycles. The summed E-state index contributed by atoms with van der Waals surface area (Å²) in [4.78, 5) is 31.8. The van der Waals surface area contributed by atoms with Crippen LogP contribution in [0, 0.1) is 17.0 Å². The number of hydrogen-bond acceptors (Lipinski definition) is 6. The molecular formula is C30H31N5O4. The number of nitrogens with zero attached hydrogens (tertiary/aromatic N) is 4. The van der Waals surface area contributed by atoms with Gasteiger partial charge in [0, 0.05) is 36.3 Å². The molecule has 4 rings (SSSR count). The van der Waals surface area contributed by atoms with E-state index in [0.717, 1.165) is 60.6 Å². The van der Waals surface area contributed by atoms with Crippen LogP contribution in [0.2, 0.25) is 0 Å². The second kappa shape index (κ2) is 13.7. The van der Waals surface area contributed by atoms with Gasteiger partial charge in [0.1, 0.15) is 5.82 Å². The fourth-order valence-corrected chi connectivity index (χ4v) is 4.31. The van der Waals surface area contributed by atoms with Crippen molar-refractivity contribution in [3.63, 3.8) is 0 Å². The van der Waals surface area contributed by atoms with Crippen molar-refractivity contribution in [1.29, 1.82) is 0 Å². The maximum Gasteiger partial charge on any atom is 0.433 e. The molecule has 0 spiro atoms. The van der Waals surface area contributed by atoms with E-state index in [9.17, 15) is 14.9 Å². The SMILES string of the molecule is Cc1nc(-c2ccccc2)c(-c2ccccc2)n1CCCCCCNC(=O)ON=Cc1ccc([N+](=O)[O-])cc1. The van der Waals surface area contributed by atoms with Crippen LogP contribution in [0.1, 0.15) is 37.1 Å². The van der Waals surface area contributed by atoms with E-state index >= 15 is 0 Å². The van der Waals surface area contributed by atoms with Crippen molar-refractivity contribution in [1.82, 2.24) is 14.9 Å². The lowest BCUT2D eigenvalue weighted by atomic mass is 10.0. The van der Waals surface area contributed by atoms with Gasteiger partial charge in [0.25, 0.3) is 5.69 Å². The predicted molar refractivity (Wildman–Crippen MR) is 151 cm³/mol. The van der Waals surface area contributed by atoms with Gasteiger partial charge in [0.15, 0.2) is 0 Å². The lowest BCUT2D eigenvalue weighted by Gasteiger charge is -2.12. The van der Waals surface area contributed by atoms with Crippen LogP contribution in [0.4, 0.5) is 10.5 Å². The molecule has 0 unspecified atom stereocenters. The summed E-state index contributed by atoms with van der Waals surface area (Å²) < 4.78 is 2.30. The van der Waals surface area contributed by atoms with E-state index in [2.05, 4.69) is 58.4 Å². The highest BCUT2D eigenvalue weighted by molar-refractivity contribution is 5.80. The van der Waals surface area contributed by atoms with Gasteiger partial charge >= 0.3 is 6.09 Å². The molecule has 0 atom stereocenters. The summed E-state index contributed by atoms with van der Waals surface area (Å²) in [5.41, 5.74) is 4.97. The number of aryl methyl sites for hydroxylation is 1. The highest BCUT2D eigenvalue weighted by atomic mass is 16.7. The molecule has 0 saturated heterocycles. The average Bonchev–Trinajstić information content (AvgIpc) is 3.29. The lowest BCUT2D eigenvalue weighted by molar-refractivity contribution is -0.384. The number of hydrogen-bond donors (Lipinski definition) is 1. The number of rotatable bonds is 12. The highest BCUT2D eigenvalue weighted by Crippen LogP contribution is 2.33. The van der Waals surface area contributed by atoms with Crippen LogP contribution in [0.5, 0.6) is 0 Å². The normalized spacial score (nSPS) is 11.0. The Labute approximate surface area is 227 Å². The van der Waals surface area contributed by atoms with Crippen LogP contribution in [0.3, 0.4) is 0 Å². The van der Waals surface area contributed by atoms with Gasteiger partial charge in [-0.2, -0.15) is 0 Å². The van der Waals surface area contributed by atoms with Gasteiger partial charge in [-0.25, -0.2) is 9.78 Å². The highest BCUT2D eigenvalue weighted by Gasteiger charge is 2.17. The second-order valence-corrected chi connectivity index (χ2v) is 9.04. The first-order valence-electron chi connectivity index (χ1n) is 12.9. The minimum absolute atomic E-state index is 0.0143. The molecule has 0 saturated carbocycles. The molecule has 1 amide bonds. The predicted octanol–water partition coefficient (Wildman–Crippen LogP) is 6.75. The van der Waals surface area contributed by atoms with Gasteiger partial charge in [-0.3, -0.25) is 15.0 Å². The second-order valence-electron chi connectivity index (χ2n) is 9.04. The third-order valence-corrected chi connectivity index (χ3v) is 6.27. The molecule has 4 aromatic rings. The molecule has 0 aliphatic carbocycles. The van der Waals surface area contributed by atoms with Gasteiger partial charge in [-0.15, -0.1) is 0 Å². The van der Waals surface area contributed by atoms with Gasteiger partial charge < -0.3 is 9.88 Å². The molecule has 0 fully saturated rings. The summed E-state index contributed by atoms with van der Waals surface area (Å²) >= 11 is 0. The minimum atomic E-state index is -0.636. The van der Waals surface area contributed by atoms with Crippen LogP contribution in [0.15, 0.2) is 90.1 Å². The standard InChI is InChI=1S/C30H31N5O4/c1-23-33-28(25-12-6-4-7-13-25)29(26-14-8-5-9-15-26)34(23)21-11-3-2-10-20-31-30(36)39-32-22-24-16-18-27(19-17-24)35(37)38/h4-9,12-19,22H,2-3,10-11,20-21H2,1H3,(H,31,36). The number of aromatic nitrogens is 2. The fourth-order valence-electron chi connectivity index (χ4n) is 4.31. The number of non-ortho nitro benzene ring substituents is 1. The molecular weight excluding hydrogens is 494 g/mol. The van der Waals surface area contributed by atoms with Gasteiger partial charge in [-0.1, -0.05) is 78.7 Å². The van der Waals surface area contributed by atoms with E-state index in [1.807, 2.05) is 24.3 Å². The number of nitro benzene ring substituents is 1. The quantitative estimate of drug-likeness (QED) is 0.0722. The van der Waals surface area contributed by atoms with Crippen LogP contribution in [-0.4, -0.2) is 33.3 Å². The van der Waals surface area contributed by atoms with Crippen molar-refractivity contribution in [3.05, 3.63) is 106 Å².